The van der Waals surface area contributed by atoms with Gasteiger partial charge >= 0.3 is 7.82 Å². The Hall–Kier alpha value is -2.65. The van der Waals surface area contributed by atoms with Crippen LogP contribution >= 0.6 is 7.82 Å². The molecule has 10 nitrogen and oxygen atoms in total. The van der Waals surface area contributed by atoms with E-state index in [0.29, 0.717) is 29.6 Å². The summed E-state index contributed by atoms with van der Waals surface area (Å²) >= 11 is 0. The molecule has 2 aromatic heterocycles. The summed E-state index contributed by atoms with van der Waals surface area (Å²) in [5.41, 5.74) is 6.76. The van der Waals surface area contributed by atoms with Gasteiger partial charge in [0.2, 0.25) is 5.95 Å². The quantitative estimate of drug-likeness (QED) is 0.535. The number of H-pyrrole nitrogens is 1. The minimum atomic E-state index is -3.72. The van der Waals surface area contributed by atoms with Gasteiger partial charge in [-0.05, 0) is 38.3 Å². The van der Waals surface area contributed by atoms with Gasteiger partial charge in [0.05, 0.1) is 24.7 Å². The lowest BCUT2D eigenvalue weighted by Crippen LogP contribution is -2.31. The number of anilines is 1. The van der Waals surface area contributed by atoms with Crippen molar-refractivity contribution in [3.8, 4) is 5.75 Å². The standard InChI is InChI=1S/C20H23N4O6P.C2H6/c1-12-9-24(17-16(12)18(25)23-19(21)22-17)20(2)8-7-14(29-20)11-28-31(26)27-10-13-5-3-4-6-15(13)30-31;1-2/h3-6,9,14H,7-8,10-11H2,1-2H3,(H3,21,22,23,25);1-2H3/t14?,20-,31?;/m1./s1. The molecule has 5 rings (SSSR count). The number of aromatic amines is 1. The molecule has 11 heteroatoms. The fourth-order valence-corrected chi connectivity index (χ4v) is 5.38. The molecule has 0 radical (unpaired) electrons. The number of para-hydroxylation sites is 1. The maximum atomic E-state index is 12.8. The van der Waals surface area contributed by atoms with Gasteiger partial charge in [-0.1, -0.05) is 32.0 Å². The molecule has 0 spiro atoms. The minimum absolute atomic E-state index is 0.0447. The third kappa shape index (κ3) is 4.44. The van der Waals surface area contributed by atoms with Crippen LogP contribution in [0, 0.1) is 6.92 Å². The Bertz CT molecular complexity index is 1270. The molecule has 1 fully saturated rings. The summed E-state index contributed by atoms with van der Waals surface area (Å²) in [6.07, 6.45) is 2.80. The second-order valence-electron chi connectivity index (χ2n) is 8.00. The number of rotatable bonds is 4. The normalized spacial score (nSPS) is 26.4. The Labute approximate surface area is 191 Å². The number of aryl methyl sites for hydroxylation is 1. The average molecular weight is 476 g/mol. The maximum Gasteiger partial charge on any atom is 0.530 e. The predicted molar refractivity (Wildman–Crippen MR) is 124 cm³/mol. The van der Waals surface area contributed by atoms with Gasteiger partial charge in [0.1, 0.15) is 11.5 Å². The van der Waals surface area contributed by atoms with Crippen LogP contribution in [0.15, 0.2) is 35.3 Å². The lowest BCUT2D eigenvalue weighted by Gasteiger charge is -2.28. The molecule has 0 aliphatic carbocycles. The molecule has 178 valence electrons. The predicted octanol–water partition coefficient (Wildman–Crippen LogP) is 4.23. The number of phosphoric acid groups is 1. The number of fused-ring (bicyclic) bond motifs is 2. The lowest BCUT2D eigenvalue weighted by atomic mass is 10.1. The molecule has 2 aliphatic heterocycles. The zero-order chi connectivity index (χ0) is 23.8. The van der Waals surface area contributed by atoms with Crippen molar-refractivity contribution >= 4 is 24.8 Å². The molecule has 1 saturated heterocycles. The molecular weight excluding hydrogens is 447 g/mol. The van der Waals surface area contributed by atoms with Crippen molar-refractivity contribution in [2.45, 2.75) is 59.0 Å². The van der Waals surface area contributed by atoms with Crippen molar-refractivity contribution in [2.75, 3.05) is 12.3 Å². The molecule has 0 amide bonds. The average Bonchev–Trinajstić information content (AvgIpc) is 3.34. The van der Waals surface area contributed by atoms with Crippen LogP contribution in [0.5, 0.6) is 5.75 Å². The summed E-state index contributed by atoms with van der Waals surface area (Å²) in [6, 6.07) is 7.24. The highest BCUT2D eigenvalue weighted by Gasteiger charge is 2.41. The number of ether oxygens (including phenoxy) is 1. The summed E-state index contributed by atoms with van der Waals surface area (Å²) in [5, 5.41) is 0.478. The molecule has 3 atom stereocenters. The summed E-state index contributed by atoms with van der Waals surface area (Å²) in [7, 11) is -3.72. The Morgan fingerprint density at radius 2 is 2.12 bits per heavy atom. The van der Waals surface area contributed by atoms with Gasteiger partial charge in [0, 0.05) is 11.8 Å². The fourth-order valence-electron chi connectivity index (χ4n) is 4.13. The number of nitrogens with zero attached hydrogens (tertiary/aromatic N) is 2. The summed E-state index contributed by atoms with van der Waals surface area (Å²) < 4.78 is 37.3. The van der Waals surface area contributed by atoms with Gasteiger partial charge < -0.3 is 19.6 Å². The van der Waals surface area contributed by atoms with E-state index < -0.39 is 13.5 Å². The zero-order valence-corrected chi connectivity index (χ0v) is 20.1. The van der Waals surface area contributed by atoms with Crippen LogP contribution in [0.25, 0.3) is 11.0 Å². The van der Waals surface area contributed by atoms with Crippen molar-refractivity contribution < 1.29 is 22.9 Å². The first-order valence-corrected chi connectivity index (χ1v) is 12.4. The highest BCUT2D eigenvalue weighted by Crippen LogP contribution is 2.54. The molecule has 33 heavy (non-hydrogen) atoms. The van der Waals surface area contributed by atoms with Crippen LogP contribution in [0.1, 0.15) is 44.7 Å². The van der Waals surface area contributed by atoms with E-state index in [0.717, 1.165) is 11.1 Å². The van der Waals surface area contributed by atoms with Crippen molar-refractivity contribution in [3.63, 3.8) is 0 Å². The second kappa shape index (κ2) is 8.95. The van der Waals surface area contributed by atoms with Gasteiger partial charge in [0.15, 0.2) is 5.65 Å². The second-order valence-corrected chi connectivity index (χ2v) is 9.59. The van der Waals surface area contributed by atoms with Crippen molar-refractivity contribution in [3.05, 3.63) is 51.9 Å². The molecule has 0 saturated carbocycles. The molecule has 3 N–H and O–H groups in total. The number of benzene rings is 1. The van der Waals surface area contributed by atoms with Gasteiger partial charge in [-0.25, -0.2) is 4.57 Å². The first-order valence-electron chi connectivity index (χ1n) is 11.0. The summed E-state index contributed by atoms with van der Waals surface area (Å²) in [5.74, 6) is 0.542. The van der Waals surface area contributed by atoms with E-state index in [1.807, 2.05) is 50.6 Å². The van der Waals surface area contributed by atoms with E-state index in [1.54, 1.807) is 12.1 Å². The number of aromatic nitrogens is 3. The Kier molecular flexibility index (Phi) is 6.37. The van der Waals surface area contributed by atoms with Crippen LogP contribution in [0.3, 0.4) is 0 Å². The topological polar surface area (TPSA) is 131 Å². The summed E-state index contributed by atoms with van der Waals surface area (Å²) in [4.78, 5) is 19.1. The monoisotopic (exact) mass is 476 g/mol. The lowest BCUT2D eigenvalue weighted by molar-refractivity contribution is -0.0949. The van der Waals surface area contributed by atoms with Gasteiger partial charge in [0.25, 0.3) is 5.56 Å². The Morgan fingerprint density at radius 1 is 1.36 bits per heavy atom. The zero-order valence-electron chi connectivity index (χ0n) is 19.2. The van der Waals surface area contributed by atoms with E-state index >= 15 is 0 Å². The van der Waals surface area contributed by atoms with Crippen molar-refractivity contribution in [1.29, 1.82) is 0 Å². The minimum Gasteiger partial charge on any atom is -0.404 e. The van der Waals surface area contributed by atoms with Crippen LogP contribution in [0.4, 0.5) is 5.95 Å². The smallest absolute Gasteiger partial charge is 0.404 e. The fraction of sp³-hybridized carbons (Fsp3) is 0.455. The van der Waals surface area contributed by atoms with E-state index in [-0.39, 0.29) is 30.8 Å². The van der Waals surface area contributed by atoms with Gasteiger partial charge in [-0.2, -0.15) is 4.98 Å². The van der Waals surface area contributed by atoms with Crippen LogP contribution in [0.2, 0.25) is 0 Å². The van der Waals surface area contributed by atoms with E-state index in [2.05, 4.69) is 9.97 Å². The molecule has 0 bridgehead atoms. The van der Waals surface area contributed by atoms with Crippen molar-refractivity contribution in [1.82, 2.24) is 14.5 Å². The number of hydrogen-bond donors (Lipinski definition) is 2. The largest absolute Gasteiger partial charge is 0.530 e. The SMILES string of the molecule is CC.Cc1cn([C@@]2(C)CCC(COP3(=O)OCc4ccccc4O3)O2)c2nc(N)[nH]c(=O)c12. The molecular formula is C22H29N4O6P. The van der Waals surface area contributed by atoms with E-state index in [1.165, 1.54) is 0 Å². The van der Waals surface area contributed by atoms with Crippen molar-refractivity contribution in [2.24, 2.45) is 0 Å². The maximum absolute atomic E-state index is 12.8. The first-order chi connectivity index (χ1) is 15.8. The Morgan fingerprint density at radius 3 is 2.91 bits per heavy atom. The number of hydrogen-bond acceptors (Lipinski definition) is 8. The van der Waals surface area contributed by atoms with Crippen LogP contribution < -0.4 is 15.8 Å². The molecule has 3 aromatic rings. The van der Waals surface area contributed by atoms with Crippen LogP contribution in [-0.2, 0) is 30.7 Å². The van der Waals surface area contributed by atoms with Gasteiger partial charge in [-0.3, -0.25) is 18.8 Å². The van der Waals surface area contributed by atoms with Gasteiger partial charge in [-0.15, -0.1) is 0 Å². The Balaban J connectivity index is 0.00000126. The van der Waals surface area contributed by atoms with E-state index in [9.17, 15) is 9.36 Å². The third-order valence-electron chi connectivity index (χ3n) is 5.70. The third-order valence-corrected chi connectivity index (χ3v) is 7.03. The van der Waals surface area contributed by atoms with Crippen LogP contribution in [-0.4, -0.2) is 27.2 Å². The number of nitrogen functional groups attached to an aromatic ring is 1. The molecule has 4 heterocycles. The van der Waals surface area contributed by atoms with E-state index in [4.69, 9.17) is 24.0 Å². The molecule has 2 unspecified atom stereocenters. The summed E-state index contributed by atoms with van der Waals surface area (Å²) in [6.45, 7) is 7.96. The number of nitrogens with two attached hydrogens (primary N) is 1. The molecule has 1 aromatic carbocycles. The highest BCUT2D eigenvalue weighted by atomic mass is 31.2. The highest BCUT2D eigenvalue weighted by molar-refractivity contribution is 7.49. The molecule has 2 aliphatic rings. The number of nitrogens with one attached hydrogen (secondary N) is 1. The number of phosphoric ester groups is 1. The first kappa shape index (κ1) is 23.5.